The lowest BCUT2D eigenvalue weighted by atomic mass is 9.81. The summed E-state index contributed by atoms with van der Waals surface area (Å²) in [5.41, 5.74) is 3.85. The highest BCUT2D eigenvalue weighted by molar-refractivity contribution is 6.10. The Bertz CT molecular complexity index is 818. The lowest BCUT2D eigenvalue weighted by molar-refractivity contribution is -0.0449. The molecule has 2 aromatic rings. The molecule has 2 aliphatic heterocycles. The van der Waals surface area contributed by atoms with Crippen LogP contribution in [0.3, 0.4) is 0 Å². The lowest BCUT2D eigenvalue weighted by Crippen LogP contribution is -2.32. The highest BCUT2D eigenvalue weighted by Gasteiger charge is 2.41. The van der Waals surface area contributed by atoms with Crippen LogP contribution in [0.1, 0.15) is 56.9 Å². The Morgan fingerprint density at radius 3 is 2.81 bits per heavy atom. The van der Waals surface area contributed by atoms with Crippen LogP contribution in [0.5, 0.6) is 0 Å². The molecule has 138 valence electrons. The predicted octanol–water partition coefficient (Wildman–Crippen LogP) is 3.38. The summed E-state index contributed by atoms with van der Waals surface area (Å²) >= 11 is 0. The highest BCUT2D eigenvalue weighted by atomic mass is 16.7. The Balaban J connectivity index is 1.48. The van der Waals surface area contributed by atoms with E-state index < -0.39 is 0 Å². The monoisotopic (exact) mass is 355 g/mol. The Kier molecular flexibility index (Phi) is 4.04. The molecule has 3 aliphatic rings. The molecule has 1 saturated heterocycles. The van der Waals surface area contributed by atoms with E-state index >= 15 is 0 Å². The maximum Gasteiger partial charge on any atom is 0.157 e. The van der Waals surface area contributed by atoms with Crippen molar-refractivity contribution in [2.75, 3.05) is 18.5 Å². The standard InChI is InChI=1S/C19H25N5O2/c1-2-6-19(7-3-1)10-16(24-26-19)14-11-20-18-15(12-21-23-18)17(14)22-13-4-8-25-9-5-13/h11-13H,1-10H2,(H2,20,21,22,23). The van der Waals surface area contributed by atoms with Gasteiger partial charge in [0.1, 0.15) is 5.60 Å². The molecule has 5 rings (SSSR count). The van der Waals surface area contributed by atoms with Gasteiger partial charge in [-0.3, -0.25) is 5.10 Å². The number of H-pyrrole nitrogens is 1. The zero-order valence-electron chi connectivity index (χ0n) is 15.0. The van der Waals surface area contributed by atoms with Crippen LogP contribution < -0.4 is 5.32 Å². The number of aromatic amines is 1. The van der Waals surface area contributed by atoms with Gasteiger partial charge >= 0.3 is 0 Å². The first-order valence-electron chi connectivity index (χ1n) is 9.75. The number of anilines is 1. The van der Waals surface area contributed by atoms with E-state index in [0.717, 1.165) is 73.3 Å². The number of oxime groups is 1. The minimum atomic E-state index is -0.0884. The van der Waals surface area contributed by atoms with Gasteiger partial charge in [-0.1, -0.05) is 11.6 Å². The van der Waals surface area contributed by atoms with E-state index in [4.69, 9.17) is 9.57 Å². The Hall–Kier alpha value is -2.15. The minimum Gasteiger partial charge on any atom is -0.389 e. The SMILES string of the molecule is c1nc2[nH]ncc2c(NC2CCOCC2)c1C1=NOC2(CCCCC2)C1. The number of fused-ring (bicyclic) bond motifs is 1. The summed E-state index contributed by atoms with van der Waals surface area (Å²) in [7, 11) is 0. The third kappa shape index (κ3) is 2.84. The molecule has 1 aliphatic carbocycles. The first kappa shape index (κ1) is 16.1. The van der Waals surface area contributed by atoms with Crippen molar-refractivity contribution in [2.45, 2.75) is 63.0 Å². The van der Waals surface area contributed by atoms with Crippen molar-refractivity contribution < 1.29 is 9.57 Å². The van der Waals surface area contributed by atoms with Gasteiger partial charge in [-0.2, -0.15) is 5.10 Å². The van der Waals surface area contributed by atoms with Gasteiger partial charge in [0.05, 0.1) is 23.0 Å². The normalized spacial score (nSPS) is 23.2. The maximum absolute atomic E-state index is 5.98. The average Bonchev–Trinajstić information content (AvgIpc) is 3.31. The number of pyridine rings is 1. The van der Waals surface area contributed by atoms with Crippen molar-refractivity contribution in [3.05, 3.63) is 18.0 Å². The van der Waals surface area contributed by atoms with E-state index in [2.05, 4.69) is 25.7 Å². The molecule has 0 bridgehead atoms. The van der Waals surface area contributed by atoms with Crippen LogP contribution in [-0.4, -0.2) is 45.7 Å². The second-order valence-corrected chi connectivity index (χ2v) is 7.76. The molecule has 7 nitrogen and oxygen atoms in total. The number of nitrogens with zero attached hydrogens (tertiary/aromatic N) is 3. The van der Waals surface area contributed by atoms with Gasteiger partial charge in [0.15, 0.2) is 5.65 Å². The van der Waals surface area contributed by atoms with Crippen LogP contribution in [-0.2, 0) is 9.57 Å². The van der Waals surface area contributed by atoms with Crippen molar-refractivity contribution in [1.29, 1.82) is 0 Å². The topological polar surface area (TPSA) is 84.4 Å². The molecule has 0 unspecified atom stereocenters. The van der Waals surface area contributed by atoms with Crippen molar-refractivity contribution >= 4 is 22.4 Å². The van der Waals surface area contributed by atoms with Gasteiger partial charge in [-0.15, -0.1) is 0 Å². The fourth-order valence-electron chi connectivity index (χ4n) is 4.45. The van der Waals surface area contributed by atoms with Crippen LogP contribution >= 0.6 is 0 Å². The van der Waals surface area contributed by atoms with E-state index in [1.165, 1.54) is 19.3 Å². The molecule has 4 heterocycles. The first-order chi connectivity index (χ1) is 12.8. The van der Waals surface area contributed by atoms with Crippen LogP contribution in [0.25, 0.3) is 11.0 Å². The smallest absolute Gasteiger partial charge is 0.157 e. The van der Waals surface area contributed by atoms with Crippen LogP contribution in [0.4, 0.5) is 5.69 Å². The Morgan fingerprint density at radius 2 is 1.96 bits per heavy atom. The molecule has 0 atom stereocenters. The zero-order chi connectivity index (χ0) is 17.4. The number of nitrogens with one attached hydrogen (secondary N) is 2. The summed E-state index contributed by atoms with van der Waals surface area (Å²) in [4.78, 5) is 10.5. The number of ether oxygens (including phenoxy) is 1. The lowest BCUT2D eigenvalue weighted by Gasteiger charge is -2.30. The van der Waals surface area contributed by atoms with Crippen LogP contribution in [0.2, 0.25) is 0 Å². The Labute approximate surface area is 152 Å². The molecule has 0 amide bonds. The van der Waals surface area contributed by atoms with E-state index in [9.17, 15) is 0 Å². The van der Waals surface area contributed by atoms with Crippen LogP contribution in [0.15, 0.2) is 17.5 Å². The summed E-state index contributed by atoms with van der Waals surface area (Å²) in [5, 5.41) is 16.4. The molecule has 2 fully saturated rings. The van der Waals surface area contributed by atoms with Crippen molar-refractivity contribution in [3.63, 3.8) is 0 Å². The summed E-state index contributed by atoms with van der Waals surface area (Å²) in [6, 6.07) is 0.398. The molecule has 1 saturated carbocycles. The van der Waals surface area contributed by atoms with Gasteiger partial charge in [0, 0.05) is 37.4 Å². The van der Waals surface area contributed by atoms with E-state index in [1.54, 1.807) is 0 Å². The summed E-state index contributed by atoms with van der Waals surface area (Å²) in [6.07, 6.45) is 12.6. The molecule has 7 heteroatoms. The number of aromatic nitrogens is 3. The molecule has 2 N–H and O–H groups in total. The van der Waals surface area contributed by atoms with Crippen LogP contribution in [0, 0.1) is 0 Å². The minimum absolute atomic E-state index is 0.0884. The summed E-state index contributed by atoms with van der Waals surface area (Å²) in [5.74, 6) is 0. The van der Waals surface area contributed by atoms with Gasteiger partial charge < -0.3 is 14.9 Å². The molecule has 2 aromatic heterocycles. The molecule has 0 aromatic carbocycles. The molecule has 26 heavy (non-hydrogen) atoms. The van der Waals surface area contributed by atoms with E-state index in [-0.39, 0.29) is 5.60 Å². The van der Waals surface area contributed by atoms with E-state index in [1.807, 2.05) is 12.4 Å². The molecular weight excluding hydrogens is 330 g/mol. The first-order valence-corrected chi connectivity index (χ1v) is 9.75. The van der Waals surface area contributed by atoms with Gasteiger partial charge in [0.25, 0.3) is 0 Å². The van der Waals surface area contributed by atoms with Crippen molar-refractivity contribution in [2.24, 2.45) is 5.16 Å². The van der Waals surface area contributed by atoms with Gasteiger partial charge in [-0.05, 0) is 38.5 Å². The van der Waals surface area contributed by atoms with Gasteiger partial charge in [0.2, 0.25) is 0 Å². The zero-order valence-corrected chi connectivity index (χ0v) is 15.0. The second kappa shape index (κ2) is 6.54. The fourth-order valence-corrected chi connectivity index (χ4v) is 4.45. The van der Waals surface area contributed by atoms with E-state index in [0.29, 0.717) is 6.04 Å². The largest absolute Gasteiger partial charge is 0.389 e. The third-order valence-corrected chi connectivity index (χ3v) is 5.97. The highest BCUT2D eigenvalue weighted by Crippen LogP contribution is 2.41. The predicted molar refractivity (Wildman–Crippen MR) is 99.4 cm³/mol. The quantitative estimate of drug-likeness (QED) is 0.882. The number of rotatable bonds is 3. The third-order valence-electron chi connectivity index (χ3n) is 5.97. The van der Waals surface area contributed by atoms with Crippen molar-refractivity contribution in [3.8, 4) is 0 Å². The molecular formula is C19H25N5O2. The molecule has 1 spiro atoms. The number of hydrogen-bond acceptors (Lipinski definition) is 6. The maximum atomic E-state index is 5.98. The second-order valence-electron chi connectivity index (χ2n) is 7.76. The summed E-state index contributed by atoms with van der Waals surface area (Å²) < 4.78 is 5.50. The summed E-state index contributed by atoms with van der Waals surface area (Å²) in [6.45, 7) is 1.61. The van der Waals surface area contributed by atoms with Gasteiger partial charge in [-0.25, -0.2) is 4.98 Å². The Morgan fingerprint density at radius 1 is 1.12 bits per heavy atom. The van der Waals surface area contributed by atoms with Crippen molar-refractivity contribution in [1.82, 2.24) is 15.2 Å². The number of hydrogen-bond donors (Lipinski definition) is 2. The fraction of sp³-hybridized carbons (Fsp3) is 0.632. The average molecular weight is 355 g/mol. The molecule has 0 radical (unpaired) electrons.